The van der Waals surface area contributed by atoms with Crippen LogP contribution in [0.1, 0.15) is 26.5 Å². The Morgan fingerprint density at radius 2 is 2.10 bits per heavy atom. The molecule has 1 heterocycles. The minimum atomic E-state index is -0.303. The third-order valence-corrected chi connectivity index (χ3v) is 3.39. The Morgan fingerprint density at radius 3 is 2.71 bits per heavy atom. The lowest BCUT2D eigenvalue weighted by Gasteiger charge is -2.12. The van der Waals surface area contributed by atoms with Crippen LogP contribution in [0.2, 0.25) is 0 Å². The van der Waals surface area contributed by atoms with E-state index in [-0.39, 0.29) is 17.9 Å². The number of amides is 1. The van der Waals surface area contributed by atoms with Crippen LogP contribution in [0.4, 0.5) is 5.88 Å². The molecule has 0 aliphatic heterocycles. The number of carbonyl (C=O) groups excluding carboxylic acids is 1. The van der Waals surface area contributed by atoms with Crippen LogP contribution in [-0.2, 0) is 10.2 Å². The maximum absolute atomic E-state index is 11.8. The average molecular weight is 353 g/mol. The molecule has 0 aliphatic rings. The van der Waals surface area contributed by atoms with Crippen LogP contribution in [-0.4, -0.2) is 17.7 Å². The molecular formula is C15H17BrN2O3. The molecule has 0 bridgehead atoms. The standard InChI is InChI=1S/C15H17BrN2O3/c1-15(2,3)12-8-14(21-18-12)17-13(19)9-20-11-7-5-4-6-10(11)16/h4-8H,9H2,1-3H3,(H,17,19). The summed E-state index contributed by atoms with van der Waals surface area (Å²) in [4.78, 5) is 11.8. The van der Waals surface area contributed by atoms with Gasteiger partial charge < -0.3 is 9.26 Å². The molecule has 0 fully saturated rings. The van der Waals surface area contributed by atoms with Gasteiger partial charge in [-0.1, -0.05) is 38.1 Å². The molecule has 1 N–H and O–H groups in total. The van der Waals surface area contributed by atoms with Crippen molar-refractivity contribution in [2.75, 3.05) is 11.9 Å². The highest BCUT2D eigenvalue weighted by atomic mass is 79.9. The van der Waals surface area contributed by atoms with Crippen LogP contribution in [0.5, 0.6) is 5.75 Å². The summed E-state index contributed by atoms with van der Waals surface area (Å²) in [7, 11) is 0. The average Bonchev–Trinajstić information content (AvgIpc) is 2.86. The van der Waals surface area contributed by atoms with E-state index >= 15 is 0 Å². The molecule has 0 atom stereocenters. The fourth-order valence-corrected chi connectivity index (χ4v) is 1.97. The topological polar surface area (TPSA) is 64.4 Å². The van der Waals surface area contributed by atoms with E-state index in [9.17, 15) is 4.79 Å². The SMILES string of the molecule is CC(C)(C)c1cc(NC(=O)COc2ccccc2Br)on1. The second kappa shape index (κ2) is 6.30. The van der Waals surface area contributed by atoms with Gasteiger partial charge >= 0.3 is 0 Å². The number of benzene rings is 1. The molecule has 2 aromatic rings. The molecule has 2 rings (SSSR count). The van der Waals surface area contributed by atoms with Crippen molar-refractivity contribution in [1.82, 2.24) is 5.16 Å². The van der Waals surface area contributed by atoms with E-state index in [0.29, 0.717) is 11.6 Å². The van der Waals surface area contributed by atoms with Crippen molar-refractivity contribution in [3.05, 3.63) is 40.5 Å². The molecule has 0 unspecified atom stereocenters. The molecule has 0 spiro atoms. The zero-order valence-electron chi connectivity index (χ0n) is 12.1. The summed E-state index contributed by atoms with van der Waals surface area (Å²) in [5.41, 5.74) is 0.655. The molecule has 0 saturated carbocycles. The van der Waals surface area contributed by atoms with E-state index in [4.69, 9.17) is 9.26 Å². The van der Waals surface area contributed by atoms with Gasteiger partial charge in [-0.2, -0.15) is 0 Å². The largest absolute Gasteiger partial charge is 0.483 e. The van der Waals surface area contributed by atoms with Gasteiger partial charge in [0.1, 0.15) is 5.75 Å². The highest BCUT2D eigenvalue weighted by Crippen LogP contribution is 2.25. The first-order chi connectivity index (χ1) is 9.86. The molecule has 1 aromatic carbocycles. The minimum Gasteiger partial charge on any atom is -0.483 e. The Kier molecular flexibility index (Phi) is 4.67. The van der Waals surface area contributed by atoms with Crippen molar-refractivity contribution in [3.63, 3.8) is 0 Å². The lowest BCUT2D eigenvalue weighted by atomic mass is 9.92. The number of anilines is 1. The molecule has 6 heteroatoms. The van der Waals surface area contributed by atoms with Crippen molar-refractivity contribution < 1.29 is 14.1 Å². The fourth-order valence-electron chi connectivity index (χ4n) is 1.57. The monoisotopic (exact) mass is 352 g/mol. The molecule has 0 aliphatic carbocycles. The van der Waals surface area contributed by atoms with Crippen LogP contribution in [0.15, 0.2) is 39.3 Å². The van der Waals surface area contributed by atoms with Crippen LogP contribution >= 0.6 is 15.9 Å². The van der Waals surface area contributed by atoms with E-state index in [2.05, 4.69) is 26.4 Å². The van der Waals surface area contributed by atoms with Crippen molar-refractivity contribution in [3.8, 4) is 5.75 Å². The number of hydrogen-bond acceptors (Lipinski definition) is 4. The summed E-state index contributed by atoms with van der Waals surface area (Å²) >= 11 is 3.35. The third kappa shape index (κ3) is 4.32. The first kappa shape index (κ1) is 15.6. The first-order valence-corrected chi connectivity index (χ1v) is 7.30. The lowest BCUT2D eigenvalue weighted by Crippen LogP contribution is -2.20. The fraction of sp³-hybridized carbons (Fsp3) is 0.333. The molecule has 112 valence electrons. The zero-order valence-corrected chi connectivity index (χ0v) is 13.7. The van der Waals surface area contributed by atoms with Gasteiger partial charge in [0, 0.05) is 11.5 Å². The summed E-state index contributed by atoms with van der Waals surface area (Å²) < 4.78 is 11.3. The number of carbonyl (C=O) groups is 1. The van der Waals surface area contributed by atoms with Gasteiger partial charge in [-0.15, -0.1) is 0 Å². The molecule has 5 nitrogen and oxygen atoms in total. The quantitative estimate of drug-likeness (QED) is 0.909. The third-order valence-electron chi connectivity index (χ3n) is 2.74. The van der Waals surface area contributed by atoms with Gasteiger partial charge in [0.05, 0.1) is 10.2 Å². The van der Waals surface area contributed by atoms with Gasteiger partial charge in [0.25, 0.3) is 5.91 Å². The smallest absolute Gasteiger partial charge is 0.264 e. The maximum Gasteiger partial charge on any atom is 0.264 e. The summed E-state index contributed by atoms with van der Waals surface area (Å²) in [6.07, 6.45) is 0. The van der Waals surface area contributed by atoms with Gasteiger partial charge in [-0.05, 0) is 28.1 Å². The Balaban J connectivity index is 1.90. The minimum absolute atomic E-state index is 0.103. The predicted molar refractivity (Wildman–Crippen MR) is 83.5 cm³/mol. The van der Waals surface area contributed by atoms with Crippen LogP contribution in [0.3, 0.4) is 0 Å². The Morgan fingerprint density at radius 1 is 1.38 bits per heavy atom. The summed E-state index contributed by atoms with van der Waals surface area (Å²) in [6.45, 7) is 5.96. The summed E-state index contributed by atoms with van der Waals surface area (Å²) in [6, 6.07) is 9.06. The first-order valence-electron chi connectivity index (χ1n) is 6.50. The number of para-hydroxylation sites is 1. The predicted octanol–water partition coefficient (Wildman–Crippen LogP) is 3.75. The Bertz CT molecular complexity index is 632. The molecule has 21 heavy (non-hydrogen) atoms. The number of nitrogens with zero attached hydrogens (tertiary/aromatic N) is 1. The van der Waals surface area contributed by atoms with E-state index in [1.54, 1.807) is 12.1 Å². The highest BCUT2D eigenvalue weighted by molar-refractivity contribution is 9.10. The number of halogens is 1. The number of ether oxygens (including phenoxy) is 1. The summed E-state index contributed by atoms with van der Waals surface area (Å²) in [5, 5.41) is 6.55. The maximum atomic E-state index is 11.8. The van der Waals surface area contributed by atoms with E-state index < -0.39 is 0 Å². The Labute approximate surface area is 131 Å². The van der Waals surface area contributed by atoms with Crippen molar-refractivity contribution in [1.29, 1.82) is 0 Å². The van der Waals surface area contributed by atoms with Gasteiger partial charge in [0.2, 0.25) is 5.88 Å². The zero-order chi connectivity index (χ0) is 15.5. The molecule has 0 saturated heterocycles. The number of hydrogen-bond donors (Lipinski definition) is 1. The molecular weight excluding hydrogens is 336 g/mol. The van der Waals surface area contributed by atoms with Gasteiger partial charge in [-0.25, -0.2) is 0 Å². The number of rotatable bonds is 4. The van der Waals surface area contributed by atoms with Crippen LogP contribution in [0, 0.1) is 0 Å². The van der Waals surface area contributed by atoms with Gasteiger partial charge in [0.15, 0.2) is 6.61 Å². The van der Waals surface area contributed by atoms with E-state index in [1.165, 1.54) is 0 Å². The normalized spacial score (nSPS) is 11.2. The highest BCUT2D eigenvalue weighted by Gasteiger charge is 2.19. The second-order valence-corrected chi connectivity index (χ2v) is 6.45. The number of nitrogens with one attached hydrogen (secondary N) is 1. The lowest BCUT2D eigenvalue weighted by molar-refractivity contribution is -0.118. The second-order valence-electron chi connectivity index (χ2n) is 5.59. The Hall–Kier alpha value is -1.82. The van der Waals surface area contributed by atoms with Gasteiger partial charge in [-0.3, -0.25) is 10.1 Å². The van der Waals surface area contributed by atoms with Crippen LogP contribution in [0.25, 0.3) is 0 Å². The molecule has 1 amide bonds. The van der Waals surface area contributed by atoms with Crippen molar-refractivity contribution in [2.45, 2.75) is 26.2 Å². The number of aromatic nitrogens is 1. The van der Waals surface area contributed by atoms with Crippen molar-refractivity contribution in [2.24, 2.45) is 0 Å². The van der Waals surface area contributed by atoms with E-state index in [0.717, 1.165) is 10.2 Å². The van der Waals surface area contributed by atoms with E-state index in [1.807, 2.05) is 39.0 Å². The summed E-state index contributed by atoms with van der Waals surface area (Å²) in [5.74, 6) is 0.628. The van der Waals surface area contributed by atoms with Crippen LogP contribution < -0.4 is 10.1 Å². The molecule has 0 radical (unpaired) electrons. The molecule has 1 aromatic heterocycles. The van der Waals surface area contributed by atoms with Crippen molar-refractivity contribution >= 4 is 27.7 Å².